The summed E-state index contributed by atoms with van der Waals surface area (Å²) in [4.78, 5) is 0. The van der Waals surface area contributed by atoms with Gasteiger partial charge < -0.3 is 10.3 Å². The molecule has 2 N–H and O–H groups in total. The summed E-state index contributed by atoms with van der Waals surface area (Å²) in [5, 5.41) is 0. The van der Waals surface area contributed by atoms with Crippen molar-refractivity contribution in [3.8, 4) is 0 Å². The molecule has 2 aliphatic rings. The van der Waals surface area contributed by atoms with Gasteiger partial charge in [0.1, 0.15) is 0 Å². The first-order chi connectivity index (χ1) is 9.85. The molecule has 0 aromatic carbocycles. The van der Waals surface area contributed by atoms with Gasteiger partial charge in [0.25, 0.3) is 0 Å². The topological polar surface area (TPSA) is 30.9 Å². The van der Waals surface area contributed by atoms with E-state index in [1.807, 2.05) is 0 Å². The van der Waals surface area contributed by atoms with Gasteiger partial charge in [-0.1, -0.05) is 33.6 Å². The average Bonchev–Trinajstić information content (AvgIpc) is 2.69. The van der Waals surface area contributed by atoms with Gasteiger partial charge in [-0.25, -0.2) is 0 Å². The van der Waals surface area contributed by atoms with E-state index in [-0.39, 0.29) is 6.04 Å². The Morgan fingerprint density at radius 3 is 2.57 bits per heavy atom. The van der Waals surface area contributed by atoms with Gasteiger partial charge in [-0.3, -0.25) is 0 Å². The number of nitrogens with zero attached hydrogens (tertiary/aromatic N) is 1. The number of aryl methyl sites for hydroxylation is 1. The molecule has 1 saturated carbocycles. The summed E-state index contributed by atoms with van der Waals surface area (Å²) in [5.74, 6) is 1.81. The van der Waals surface area contributed by atoms with Crippen molar-refractivity contribution in [2.75, 3.05) is 0 Å². The molecule has 1 aromatic heterocycles. The highest BCUT2D eigenvalue weighted by Crippen LogP contribution is 2.41. The third-order valence-electron chi connectivity index (χ3n) is 5.84. The summed E-state index contributed by atoms with van der Waals surface area (Å²) < 4.78 is 2.61. The Labute approximate surface area is 130 Å². The lowest BCUT2D eigenvalue weighted by atomic mass is 9.74. The van der Waals surface area contributed by atoms with Crippen LogP contribution in [0.4, 0.5) is 0 Å². The predicted octanol–water partition coefficient (Wildman–Crippen LogP) is 4.60. The Morgan fingerprint density at radius 2 is 1.90 bits per heavy atom. The van der Waals surface area contributed by atoms with Crippen molar-refractivity contribution in [2.24, 2.45) is 23.0 Å². The molecule has 0 bridgehead atoms. The lowest BCUT2D eigenvalue weighted by Gasteiger charge is -2.35. The Kier molecular flexibility index (Phi) is 3.94. The lowest BCUT2D eigenvalue weighted by Crippen LogP contribution is -2.31. The van der Waals surface area contributed by atoms with E-state index in [4.69, 9.17) is 5.73 Å². The van der Waals surface area contributed by atoms with E-state index in [9.17, 15) is 0 Å². The molecule has 3 rings (SSSR count). The first-order valence-electron chi connectivity index (χ1n) is 8.80. The van der Waals surface area contributed by atoms with Gasteiger partial charge in [-0.15, -0.1) is 0 Å². The van der Waals surface area contributed by atoms with Gasteiger partial charge in [0, 0.05) is 24.0 Å². The van der Waals surface area contributed by atoms with Crippen LogP contribution in [0.5, 0.6) is 0 Å². The second-order valence-electron chi connectivity index (χ2n) is 8.58. The summed E-state index contributed by atoms with van der Waals surface area (Å²) in [6.07, 6.45) is 7.94. The molecule has 0 spiro atoms. The lowest BCUT2D eigenvalue weighted by molar-refractivity contribution is 0.247. The fraction of sp³-hybridized carbons (Fsp3) is 0.789. The van der Waals surface area contributed by atoms with E-state index in [1.165, 1.54) is 55.6 Å². The van der Waals surface area contributed by atoms with Crippen LogP contribution in [0.15, 0.2) is 6.07 Å². The smallest absolute Gasteiger partial charge is 0.0318 e. The highest BCUT2D eigenvalue weighted by Gasteiger charge is 2.33. The second-order valence-corrected chi connectivity index (χ2v) is 8.58. The van der Waals surface area contributed by atoms with Crippen LogP contribution in [0.2, 0.25) is 0 Å². The van der Waals surface area contributed by atoms with E-state index >= 15 is 0 Å². The van der Waals surface area contributed by atoms with E-state index in [2.05, 4.69) is 38.3 Å². The summed E-state index contributed by atoms with van der Waals surface area (Å²) in [6, 6.07) is 2.59. The standard InChI is InChI=1S/C19H32N2/c1-13-5-7-15(8-6-13)12-21-14(2)9-16-17(20)10-19(3,4)11-18(16)21/h9,13,15,17H,5-8,10-12,20H2,1-4H3. The molecule has 0 amide bonds. The zero-order valence-corrected chi connectivity index (χ0v) is 14.3. The maximum Gasteiger partial charge on any atom is 0.0318 e. The van der Waals surface area contributed by atoms with Crippen LogP contribution in [0.1, 0.15) is 75.9 Å². The van der Waals surface area contributed by atoms with Crippen LogP contribution in [0.25, 0.3) is 0 Å². The van der Waals surface area contributed by atoms with Crippen molar-refractivity contribution < 1.29 is 0 Å². The van der Waals surface area contributed by atoms with Crippen LogP contribution >= 0.6 is 0 Å². The first kappa shape index (κ1) is 15.1. The van der Waals surface area contributed by atoms with Crippen LogP contribution in [0, 0.1) is 24.2 Å². The highest BCUT2D eigenvalue weighted by molar-refractivity contribution is 5.34. The largest absolute Gasteiger partial charge is 0.348 e. The Morgan fingerprint density at radius 1 is 1.24 bits per heavy atom. The minimum Gasteiger partial charge on any atom is -0.348 e. The zero-order chi connectivity index (χ0) is 15.2. The van der Waals surface area contributed by atoms with Gasteiger partial charge in [0.05, 0.1) is 0 Å². The van der Waals surface area contributed by atoms with E-state index in [0.717, 1.165) is 18.3 Å². The number of aromatic nitrogens is 1. The van der Waals surface area contributed by atoms with Crippen molar-refractivity contribution in [3.63, 3.8) is 0 Å². The number of fused-ring (bicyclic) bond motifs is 1. The van der Waals surface area contributed by atoms with Gasteiger partial charge >= 0.3 is 0 Å². The molecule has 0 saturated heterocycles. The van der Waals surface area contributed by atoms with Crippen molar-refractivity contribution in [3.05, 3.63) is 23.0 Å². The molecular formula is C19H32N2. The molecule has 2 nitrogen and oxygen atoms in total. The van der Waals surface area contributed by atoms with Crippen molar-refractivity contribution in [2.45, 2.75) is 78.8 Å². The fourth-order valence-electron chi connectivity index (χ4n) is 4.53. The molecule has 0 radical (unpaired) electrons. The summed E-state index contributed by atoms with van der Waals surface area (Å²) >= 11 is 0. The van der Waals surface area contributed by atoms with E-state index in [0.29, 0.717) is 5.41 Å². The molecule has 21 heavy (non-hydrogen) atoms. The summed E-state index contributed by atoms with van der Waals surface area (Å²) in [6.45, 7) is 10.6. The fourth-order valence-corrected chi connectivity index (χ4v) is 4.53. The number of nitrogens with two attached hydrogens (primary N) is 1. The molecule has 2 aliphatic carbocycles. The van der Waals surface area contributed by atoms with Gasteiger partial charge in [-0.2, -0.15) is 0 Å². The third-order valence-corrected chi connectivity index (χ3v) is 5.84. The minimum atomic E-state index is 0.232. The highest BCUT2D eigenvalue weighted by atomic mass is 15.0. The molecule has 0 aliphatic heterocycles. The summed E-state index contributed by atoms with van der Waals surface area (Å²) in [7, 11) is 0. The van der Waals surface area contributed by atoms with E-state index in [1.54, 1.807) is 0 Å². The molecule has 1 aromatic rings. The quantitative estimate of drug-likeness (QED) is 0.847. The molecular weight excluding hydrogens is 256 g/mol. The van der Waals surface area contributed by atoms with Crippen molar-refractivity contribution in [1.29, 1.82) is 0 Å². The SMILES string of the molecule is Cc1cc2c(n1CC1CCC(C)CC1)CC(C)(C)CC2N. The monoisotopic (exact) mass is 288 g/mol. The predicted molar refractivity (Wildman–Crippen MR) is 89.3 cm³/mol. The first-order valence-corrected chi connectivity index (χ1v) is 8.80. The Balaban J connectivity index is 1.83. The van der Waals surface area contributed by atoms with Gasteiger partial charge in [0.15, 0.2) is 0 Å². The molecule has 1 heterocycles. The maximum atomic E-state index is 6.44. The van der Waals surface area contributed by atoms with Crippen LogP contribution in [0.3, 0.4) is 0 Å². The third kappa shape index (κ3) is 3.06. The van der Waals surface area contributed by atoms with Gasteiger partial charge in [0.2, 0.25) is 0 Å². The number of rotatable bonds is 2. The Bertz CT molecular complexity index is 504. The molecule has 1 atom stereocenters. The van der Waals surface area contributed by atoms with Gasteiger partial charge in [-0.05, 0) is 61.5 Å². The molecule has 2 heteroatoms. The van der Waals surface area contributed by atoms with E-state index < -0.39 is 0 Å². The average molecular weight is 288 g/mol. The van der Waals surface area contributed by atoms with Crippen molar-refractivity contribution >= 4 is 0 Å². The summed E-state index contributed by atoms with van der Waals surface area (Å²) in [5.41, 5.74) is 11.2. The van der Waals surface area contributed by atoms with Crippen LogP contribution < -0.4 is 5.73 Å². The van der Waals surface area contributed by atoms with Crippen molar-refractivity contribution in [1.82, 2.24) is 4.57 Å². The number of hydrogen-bond acceptors (Lipinski definition) is 1. The Hall–Kier alpha value is -0.760. The zero-order valence-electron chi connectivity index (χ0n) is 14.3. The molecule has 1 fully saturated rings. The molecule has 1 unspecified atom stereocenters. The number of hydrogen-bond donors (Lipinski definition) is 1. The van der Waals surface area contributed by atoms with Crippen LogP contribution in [-0.2, 0) is 13.0 Å². The minimum absolute atomic E-state index is 0.232. The molecule has 118 valence electrons. The second kappa shape index (κ2) is 5.46. The van der Waals surface area contributed by atoms with Crippen LogP contribution in [-0.4, -0.2) is 4.57 Å². The normalized spacial score (nSPS) is 32.0. The maximum absolute atomic E-state index is 6.44.